The van der Waals surface area contributed by atoms with E-state index in [4.69, 9.17) is 0 Å². The number of hydrogen-bond donors (Lipinski definition) is 1. The number of halogens is 4. The number of amides is 1. The van der Waals surface area contributed by atoms with Gasteiger partial charge in [-0.15, -0.1) is 0 Å². The van der Waals surface area contributed by atoms with Crippen LogP contribution in [0.2, 0.25) is 0 Å². The number of carbonyl (C=O) groups excluding carboxylic acids is 1. The van der Waals surface area contributed by atoms with E-state index in [1.165, 1.54) is 19.1 Å². The van der Waals surface area contributed by atoms with Crippen molar-refractivity contribution < 1.29 is 22.4 Å². The van der Waals surface area contributed by atoms with Crippen molar-refractivity contribution in [2.45, 2.75) is 6.92 Å². The molecule has 2 aromatic rings. The molecule has 0 aliphatic carbocycles. The third kappa shape index (κ3) is 2.79. The number of nitrogens with one attached hydrogen (secondary N) is 1. The van der Waals surface area contributed by atoms with Crippen molar-refractivity contribution in [2.75, 3.05) is 5.32 Å². The SMILES string of the molecule is Cc1cc(C(=O)Nc2cc(F)c(F)c(F)c2)ccc1F. The Bertz CT molecular complexity index is 662. The highest BCUT2D eigenvalue weighted by Gasteiger charge is 2.13. The lowest BCUT2D eigenvalue weighted by Crippen LogP contribution is -2.13. The van der Waals surface area contributed by atoms with Gasteiger partial charge in [0.05, 0.1) is 0 Å². The zero-order chi connectivity index (χ0) is 14.9. The molecule has 0 heterocycles. The first-order valence-electron chi connectivity index (χ1n) is 5.60. The molecule has 0 unspecified atom stereocenters. The Morgan fingerprint density at radius 2 is 1.55 bits per heavy atom. The van der Waals surface area contributed by atoms with Gasteiger partial charge >= 0.3 is 0 Å². The number of hydrogen-bond acceptors (Lipinski definition) is 1. The monoisotopic (exact) mass is 283 g/mol. The Morgan fingerprint density at radius 3 is 2.10 bits per heavy atom. The molecule has 0 spiro atoms. The second kappa shape index (κ2) is 5.32. The van der Waals surface area contributed by atoms with E-state index >= 15 is 0 Å². The molecule has 6 heteroatoms. The molecule has 0 saturated carbocycles. The number of aryl methyl sites for hydroxylation is 1. The summed E-state index contributed by atoms with van der Waals surface area (Å²) in [5.74, 6) is -5.58. The van der Waals surface area contributed by atoms with Crippen LogP contribution in [0, 0.1) is 30.2 Å². The summed E-state index contributed by atoms with van der Waals surface area (Å²) in [5, 5.41) is 2.21. The highest BCUT2D eigenvalue weighted by molar-refractivity contribution is 6.04. The minimum Gasteiger partial charge on any atom is -0.322 e. The molecular weight excluding hydrogens is 274 g/mol. The second-order valence-electron chi connectivity index (χ2n) is 4.17. The molecule has 1 amide bonds. The van der Waals surface area contributed by atoms with Gasteiger partial charge in [-0.2, -0.15) is 0 Å². The maximum absolute atomic E-state index is 13.1. The van der Waals surface area contributed by atoms with Crippen LogP contribution in [-0.2, 0) is 0 Å². The van der Waals surface area contributed by atoms with Gasteiger partial charge in [-0.3, -0.25) is 4.79 Å². The molecular formula is C14H9F4NO. The standard InChI is InChI=1S/C14H9F4NO/c1-7-4-8(2-3-10(7)15)14(20)19-9-5-11(16)13(18)12(17)6-9/h2-6H,1H3,(H,19,20). The van der Waals surface area contributed by atoms with Crippen molar-refractivity contribution in [1.29, 1.82) is 0 Å². The summed E-state index contributed by atoms with van der Waals surface area (Å²) < 4.78 is 51.8. The average molecular weight is 283 g/mol. The van der Waals surface area contributed by atoms with Crippen molar-refractivity contribution in [1.82, 2.24) is 0 Å². The maximum atomic E-state index is 13.1. The topological polar surface area (TPSA) is 29.1 Å². The zero-order valence-corrected chi connectivity index (χ0v) is 10.3. The number of rotatable bonds is 2. The van der Waals surface area contributed by atoms with Crippen LogP contribution in [0.15, 0.2) is 30.3 Å². The van der Waals surface area contributed by atoms with E-state index < -0.39 is 29.2 Å². The fourth-order valence-corrected chi connectivity index (χ4v) is 1.62. The summed E-state index contributed by atoms with van der Waals surface area (Å²) >= 11 is 0. The van der Waals surface area contributed by atoms with E-state index in [9.17, 15) is 22.4 Å². The third-order valence-electron chi connectivity index (χ3n) is 2.66. The van der Waals surface area contributed by atoms with E-state index in [-0.39, 0.29) is 16.8 Å². The average Bonchev–Trinajstić information content (AvgIpc) is 2.39. The zero-order valence-electron chi connectivity index (χ0n) is 10.3. The lowest BCUT2D eigenvalue weighted by Gasteiger charge is -2.07. The predicted molar refractivity (Wildman–Crippen MR) is 65.4 cm³/mol. The third-order valence-corrected chi connectivity index (χ3v) is 2.66. The van der Waals surface area contributed by atoms with E-state index in [1.807, 2.05) is 0 Å². The summed E-state index contributed by atoms with van der Waals surface area (Å²) in [6.07, 6.45) is 0. The van der Waals surface area contributed by atoms with Crippen LogP contribution in [0.25, 0.3) is 0 Å². The quantitative estimate of drug-likeness (QED) is 0.659. The van der Waals surface area contributed by atoms with E-state index in [0.29, 0.717) is 12.1 Å². The van der Waals surface area contributed by atoms with Gasteiger partial charge in [-0.1, -0.05) is 0 Å². The Kier molecular flexibility index (Phi) is 3.74. The van der Waals surface area contributed by atoms with Gasteiger partial charge in [0.2, 0.25) is 0 Å². The van der Waals surface area contributed by atoms with Gasteiger partial charge < -0.3 is 5.32 Å². The lowest BCUT2D eigenvalue weighted by molar-refractivity contribution is 0.102. The van der Waals surface area contributed by atoms with Crippen molar-refractivity contribution in [3.63, 3.8) is 0 Å². The molecule has 0 aliphatic rings. The van der Waals surface area contributed by atoms with Crippen LogP contribution >= 0.6 is 0 Å². The first-order chi connectivity index (χ1) is 9.38. The predicted octanol–water partition coefficient (Wildman–Crippen LogP) is 3.80. The number of benzene rings is 2. The summed E-state index contributed by atoms with van der Waals surface area (Å²) in [4.78, 5) is 11.8. The van der Waals surface area contributed by atoms with Gasteiger partial charge in [0.25, 0.3) is 5.91 Å². The van der Waals surface area contributed by atoms with Crippen molar-refractivity contribution >= 4 is 11.6 Å². The normalized spacial score (nSPS) is 10.4. The molecule has 0 fully saturated rings. The minimum atomic E-state index is -1.61. The molecule has 1 N–H and O–H groups in total. The fraction of sp³-hybridized carbons (Fsp3) is 0.0714. The highest BCUT2D eigenvalue weighted by Crippen LogP contribution is 2.18. The van der Waals surface area contributed by atoms with Crippen molar-refractivity contribution in [3.8, 4) is 0 Å². The van der Waals surface area contributed by atoms with Gasteiger partial charge in [-0.25, -0.2) is 17.6 Å². The number of carbonyl (C=O) groups is 1. The summed E-state index contributed by atoms with van der Waals surface area (Å²) in [6.45, 7) is 1.48. The number of anilines is 1. The molecule has 2 nitrogen and oxygen atoms in total. The molecule has 0 aromatic heterocycles. The van der Waals surface area contributed by atoms with Crippen LogP contribution in [0.3, 0.4) is 0 Å². The molecule has 2 aromatic carbocycles. The van der Waals surface area contributed by atoms with Crippen LogP contribution in [0.5, 0.6) is 0 Å². The molecule has 0 atom stereocenters. The smallest absolute Gasteiger partial charge is 0.255 e. The van der Waals surface area contributed by atoms with Gasteiger partial charge in [0.15, 0.2) is 17.5 Å². The van der Waals surface area contributed by atoms with Gasteiger partial charge in [0.1, 0.15) is 5.82 Å². The Morgan fingerprint density at radius 1 is 0.950 bits per heavy atom. The first kappa shape index (κ1) is 14.0. The molecule has 0 saturated heterocycles. The Balaban J connectivity index is 2.25. The fourth-order valence-electron chi connectivity index (χ4n) is 1.62. The van der Waals surface area contributed by atoms with Gasteiger partial charge in [-0.05, 0) is 30.7 Å². The summed E-state index contributed by atoms with van der Waals surface area (Å²) in [5.41, 5.74) is 0.150. The summed E-state index contributed by atoms with van der Waals surface area (Å²) in [7, 11) is 0. The highest BCUT2D eigenvalue weighted by atomic mass is 19.2. The molecule has 0 aliphatic heterocycles. The lowest BCUT2D eigenvalue weighted by atomic mass is 10.1. The van der Waals surface area contributed by atoms with Crippen LogP contribution in [0.1, 0.15) is 15.9 Å². The van der Waals surface area contributed by atoms with Crippen molar-refractivity contribution in [3.05, 3.63) is 64.7 Å². The minimum absolute atomic E-state index is 0.119. The molecule has 2 rings (SSSR count). The molecule has 20 heavy (non-hydrogen) atoms. The summed E-state index contributed by atoms with van der Waals surface area (Å²) in [6, 6.07) is 4.95. The van der Waals surface area contributed by atoms with Crippen LogP contribution < -0.4 is 5.32 Å². The largest absolute Gasteiger partial charge is 0.322 e. The Labute approximate surface area is 112 Å². The van der Waals surface area contributed by atoms with Crippen LogP contribution in [-0.4, -0.2) is 5.91 Å². The molecule has 104 valence electrons. The van der Waals surface area contributed by atoms with Crippen LogP contribution in [0.4, 0.5) is 23.2 Å². The second-order valence-corrected chi connectivity index (χ2v) is 4.17. The van der Waals surface area contributed by atoms with E-state index in [1.54, 1.807) is 0 Å². The van der Waals surface area contributed by atoms with Crippen molar-refractivity contribution in [2.24, 2.45) is 0 Å². The van der Waals surface area contributed by atoms with Gasteiger partial charge in [0, 0.05) is 23.4 Å². The maximum Gasteiger partial charge on any atom is 0.255 e. The first-order valence-corrected chi connectivity index (χ1v) is 5.60. The van der Waals surface area contributed by atoms with E-state index in [2.05, 4.69) is 5.32 Å². The molecule has 0 bridgehead atoms. The van der Waals surface area contributed by atoms with E-state index in [0.717, 1.165) is 6.07 Å². The Hall–Kier alpha value is -2.37. The molecule has 0 radical (unpaired) electrons.